The van der Waals surface area contributed by atoms with Gasteiger partial charge in [0.15, 0.2) is 0 Å². The fraction of sp³-hybridized carbons (Fsp3) is 0.0476. The molecule has 2 heterocycles. The van der Waals surface area contributed by atoms with Crippen LogP contribution in [-0.2, 0) is 4.79 Å². The Bertz CT molecular complexity index is 1130. The van der Waals surface area contributed by atoms with Crippen LogP contribution < -0.4 is 10.6 Å². The van der Waals surface area contributed by atoms with Gasteiger partial charge in [0.1, 0.15) is 0 Å². The molecule has 7 heteroatoms. The minimum atomic E-state index is -0.358. The zero-order valence-electron chi connectivity index (χ0n) is 14.9. The van der Waals surface area contributed by atoms with Crippen molar-refractivity contribution < 1.29 is 14.4 Å². The normalized spacial score (nSPS) is 12.9. The topological polar surface area (TPSA) is 87.6 Å². The van der Waals surface area contributed by atoms with Crippen molar-refractivity contribution in [2.24, 2.45) is 4.99 Å². The summed E-state index contributed by atoms with van der Waals surface area (Å²) >= 11 is 1.54. The molecule has 2 N–H and O–H groups in total. The average molecular weight is 389 g/mol. The number of rotatable bonds is 4. The molecule has 1 aliphatic heterocycles. The highest BCUT2D eigenvalue weighted by molar-refractivity contribution is 7.17. The summed E-state index contributed by atoms with van der Waals surface area (Å²) in [4.78, 5) is 40.9. The van der Waals surface area contributed by atoms with Crippen LogP contribution in [0.25, 0.3) is 10.4 Å². The highest BCUT2D eigenvalue weighted by Gasteiger charge is 2.26. The molecule has 3 amide bonds. The van der Waals surface area contributed by atoms with E-state index in [-0.39, 0.29) is 17.7 Å². The van der Waals surface area contributed by atoms with E-state index in [0.29, 0.717) is 11.1 Å². The Labute approximate surface area is 164 Å². The summed E-state index contributed by atoms with van der Waals surface area (Å²) < 4.78 is 0. The van der Waals surface area contributed by atoms with Crippen LogP contribution in [0.3, 0.4) is 0 Å². The molecule has 0 bridgehead atoms. The largest absolute Gasteiger partial charge is 0.326 e. The molecule has 0 fully saturated rings. The molecular weight excluding hydrogens is 374 g/mol. The molecule has 0 spiro atoms. The smallest absolute Gasteiger partial charge is 0.258 e. The minimum Gasteiger partial charge on any atom is -0.326 e. The van der Waals surface area contributed by atoms with E-state index < -0.39 is 0 Å². The molecule has 1 aromatic heterocycles. The van der Waals surface area contributed by atoms with Crippen molar-refractivity contribution in [3.8, 4) is 10.4 Å². The highest BCUT2D eigenvalue weighted by Crippen LogP contribution is 2.30. The lowest BCUT2D eigenvalue weighted by atomic mass is 10.0. The van der Waals surface area contributed by atoms with Gasteiger partial charge in [-0.1, -0.05) is 6.07 Å². The molecule has 0 radical (unpaired) electrons. The van der Waals surface area contributed by atoms with Gasteiger partial charge < -0.3 is 5.32 Å². The van der Waals surface area contributed by atoms with Crippen LogP contribution in [0.1, 0.15) is 32.5 Å². The summed E-state index contributed by atoms with van der Waals surface area (Å²) in [6, 6.07) is 16.4. The lowest BCUT2D eigenvalue weighted by Crippen LogP contribution is -2.19. The molecule has 28 heavy (non-hydrogen) atoms. The second kappa shape index (κ2) is 7.21. The third kappa shape index (κ3) is 3.60. The molecule has 0 aliphatic carbocycles. The predicted octanol–water partition coefficient (Wildman–Crippen LogP) is 4.01. The van der Waals surface area contributed by atoms with Gasteiger partial charge in [0.25, 0.3) is 11.8 Å². The second-order valence-corrected chi connectivity index (χ2v) is 7.35. The maximum absolute atomic E-state index is 11.8. The first-order chi connectivity index (χ1) is 13.5. The number of thiophene rings is 1. The Balaban J connectivity index is 1.51. The third-order valence-electron chi connectivity index (χ3n) is 4.18. The van der Waals surface area contributed by atoms with E-state index >= 15 is 0 Å². The maximum Gasteiger partial charge on any atom is 0.258 e. The average Bonchev–Trinajstić information content (AvgIpc) is 3.25. The molecule has 0 saturated carbocycles. The van der Waals surface area contributed by atoms with Crippen LogP contribution in [0.15, 0.2) is 59.6 Å². The Morgan fingerprint density at radius 2 is 1.75 bits per heavy atom. The molecule has 0 unspecified atom stereocenters. The summed E-state index contributed by atoms with van der Waals surface area (Å²) in [7, 11) is 0. The Hall–Kier alpha value is -3.58. The molecule has 138 valence electrons. The molecule has 2 aromatic carbocycles. The van der Waals surface area contributed by atoms with E-state index in [9.17, 15) is 14.4 Å². The summed E-state index contributed by atoms with van der Waals surface area (Å²) in [5.74, 6) is -0.825. The predicted molar refractivity (Wildman–Crippen MR) is 110 cm³/mol. The lowest BCUT2D eigenvalue weighted by Gasteiger charge is -2.01. The van der Waals surface area contributed by atoms with Crippen LogP contribution in [0.2, 0.25) is 0 Å². The summed E-state index contributed by atoms with van der Waals surface area (Å²) in [5.41, 5.74) is 3.20. The molecule has 1 aliphatic rings. The molecule has 4 rings (SSSR count). The Morgan fingerprint density at radius 1 is 1.00 bits per heavy atom. The number of anilines is 1. The highest BCUT2D eigenvalue weighted by atomic mass is 32.1. The van der Waals surface area contributed by atoms with Crippen LogP contribution in [0.5, 0.6) is 0 Å². The molecule has 0 saturated heterocycles. The van der Waals surface area contributed by atoms with Crippen molar-refractivity contribution >= 4 is 46.6 Å². The van der Waals surface area contributed by atoms with Crippen molar-refractivity contribution in [3.63, 3.8) is 0 Å². The number of nitrogens with zero attached hydrogens (tertiary/aromatic N) is 1. The zero-order valence-corrected chi connectivity index (χ0v) is 15.7. The standard InChI is InChI=1S/C21H15N3O3S/c1-12(25)23-15-5-3-14(4-6-15)22-11-16-7-9-19(28-16)13-2-8-17-18(10-13)21(27)24-20(17)26/h2-11H,1H3,(H,23,25)(H,24,26,27). The van der Waals surface area contributed by atoms with E-state index in [0.717, 1.165) is 26.7 Å². The number of hydrogen-bond donors (Lipinski definition) is 2. The summed E-state index contributed by atoms with van der Waals surface area (Å²) in [6.45, 7) is 1.46. The van der Waals surface area contributed by atoms with Crippen LogP contribution in [0.4, 0.5) is 11.4 Å². The first-order valence-electron chi connectivity index (χ1n) is 8.51. The molecule has 3 aromatic rings. The van der Waals surface area contributed by atoms with Gasteiger partial charge in [-0.2, -0.15) is 0 Å². The van der Waals surface area contributed by atoms with Crippen LogP contribution >= 0.6 is 11.3 Å². The number of carbonyl (C=O) groups is 3. The monoisotopic (exact) mass is 389 g/mol. The van der Waals surface area contributed by atoms with Crippen molar-refractivity contribution in [1.82, 2.24) is 5.32 Å². The van der Waals surface area contributed by atoms with Crippen molar-refractivity contribution in [1.29, 1.82) is 0 Å². The van der Waals surface area contributed by atoms with E-state index in [1.807, 2.05) is 30.3 Å². The first kappa shape index (κ1) is 17.8. The number of aliphatic imine (C=N–C) groups is 1. The van der Waals surface area contributed by atoms with Gasteiger partial charge in [-0.05, 0) is 54.1 Å². The SMILES string of the molecule is CC(=O)Nc1ccc(N=Cc2ccc(-c3ccc4c(c3)C(=O)NC4=O)s2)cc1. The number of hydrogen-bond acceptors (Lipinski definition) is 5. The van der Waals surface area contributed by atoms with E-state index in [2.05, 4.69) is 15.6 Å². The van der Waals surface area contributed by atoms with Gasteiger partial charge >= 0.3 is 0 Å². The number of carbonyl (C=O) groups excluding carboxylic acids is 3. The van der Waals surface area contributed by atoms with Crippen LogP contribution in [0, 0.1) is 0 Å². The van der Waals surface area contributed by atoms with Gasteiger partial charge in [-0.15, -0.1) is 11.3 Å². The third-order valence-corrected chi connectivity index (χ3v) is 5.24. The summed E-state index contributed by atoms with van der Waals surface area (Å²) in [6.07, 6.45) is 1.77. The molecule has 6 nitrogen and oxygen atoms in total. The zero-order chi connectivity index (χ0) is 19.7. The van der Waals surface area contributed by atoms with Gasteiger partial charge in [-0.3, -0.25) is 24.7 Å². The lowest BCUT2D eigenvalue weighted by molar-refractivity contribution is -0.114. The van der Waals surface area contributed by atoms with E-state index in [1.54, 1.807) is 41.8 Å². The van der Waals surface area contributed by atoms with Crippen molar-refractivity contribution in [2.45, 2.75) is 6.92 Å². The molecule has 0 atom stereocenters. The number of nitrogens with one attached hydrogen (secondary N) is 2. The number of amides is 3. The first-order valence-corrected chi connectivity index (χ1v) is 9.33. The van der Waals surface area contributed by atoms with Gasteiger partial charge in [0.05, 0.1) is 16.8 Å². The number of fused-ring (bicyclic) bond motifs is 1. The van der Waals surface area contributed by atoms with Gasteiger partial charge in [0, 0.05) is 28.6 Å². The quantitative estimate of drug-likeness (QED) is 0.522. The second-order valence-electron chi connectivity index (χ2n) is 6.23. The Morgan fingerprint density at radius 3 is 2.50 bits per heavy atom. The van der Waals surface area contributed by atoms with Crippen molar-refractivity contribution in [2.75, 3.05) is 5.32 Å². The van der Waals surface area contributed by atoms with Crippen molar-refractivity contribution in [3.05, 3.63) is 70.6 Å². The minimum absolute atomic E-state index is 0.115. The fourth-order valence-corrected chi connectivity index (χ4v) is 3.75. The molecular formula is C21H15N3O3S. The van der Waals surface area contributed by atoms with Crippen LogP contribution in [-0.4, -0.2) is 23.9 Å². The number of imide groups is 1. The van der Waals surface area contributed by atoms with E-state index in [1.165, 1.54) is 6.92 Å². The number of benzene rings is 2. The fourth-order valence-electron chi connectivity index (χ4n) is 2.87. The van der Waals surface area contributed by atoms with Gasteiger partial charge in [-0.25, -0.2) is 0 Å². The summed E-state index contributed by atoms with van der Waals surface area (Å²) in [5, 5.41) is 5.01. The maximum atomic E-state index is 11.8. The Kier molecular flexibility index (Phi) is 4.58. The van der Waals surface area contributed by atoms with Gasteiger partial charge in [0.2, 0.25) is 5.91 Å². The van der Waals surface area contributed by atoms with E-state index in [4.69, 9.17) is 0 Å².